The van der Waals surface area contributed by atoms with Crippen LogP contribution < -0.4 is 14.2 Å². The van der Waals surface area contributed by atoms with E-state index in [1.807, 2.05) is 18.3 Å². The minimum Gasteiger partial charge on any atom is -0.493 e. The Hall–Kier alpha value is -2.57. The molecule has 0 saturated heterocycles. The average molecular weight is 398 g/mol. The highest BCUT2D eigenvalue weighted by Crippen LogP contribution is 2.44. The van der Waals surface area contributed by atoms with Crippen LogP contribution in [0.25, 0.3) is 22.0 Å². The van der Waals surface area contributed by atoms with Gasteiger partial charge in [0.05, 0.1) is 21.3 Å². The summed E-state index contributed by atoms with van der Waals surface area (Å²) in [6.45, 7) is 0. The van der Waals surface area contributed by atoms with Crippen LogP contribution in [0.15, 0.2) is 63.1 Å². The van der Waals surface area contributed by atoms with Crippen LogP contribution in [0, 0.1) is 0 Å². The number of methoxy groups -OCH3 is 3. The van der Waals surface area contributed by atoms with E-state index in [2.05, 4.69) is 40.0 Å². The number of aromatic amines is 1. The van der Waals surface area contributed by atoms with E-state index in [0.717, 1.165) is 15.3 Å². The second kappa shape index (κ2) is 7.58. The molecule has 6 heteroatoms. The number of fused-ring (bicyclic) bond motifs is 1. The Labute approximate surface area is 166 Å². The van der Waals surface area contributed by atoms with Crippen LogP contribution in [0.4, 0.5) is 0 Å². The summed E-state index contributed by atoms with van der Waals surface area (Å²) in [5.41, 5.74) is 3.57. The molecule has 0 amide bonds. The third-order valence-electron chi connectivity index (χ3n) is 4.36. The van der Waals surface area contributed by atoms with Crippen molar-refractivity contribution in [1.82, 2.24) is 4.98 Å². The van der Waals surface area contributed by atoms with Gasteiger partial charge in [0.25, 0.3) is 0 Å². The van der Waals surface area contributed by atoms with Gasteiger partial charge < -0.3 is 19.2 Å². The van der Waals surface area contributed by atoms with Crippen molar-refractivity contribution in [3.8, 4) is 28.4 Å². The molecule has 0 atom stereocenters. The number of aromatic nitrogens is 1. The number of ether oxygens (including phenoxy) is 3. The van der Waals surface area contributed by atoms with Crippen LogP contribution in [0.1, 0.15) is 0 Å². The van der Waals surface area contributed by atoms with E-state index in [9.17, 15) is 0 Å². The summed E-state index contributed by atoms with van der Waals surface area (Å²) in [6, 6.07) is 12.6. The summed E-state index contributed by atoms with van der Waals surface area (Å²) in [7, 11) is 4.87. The van der Waals surface area contributed by atoms with Gasteiger partial charge in [0.15, 0.2) is 11.5 Å². The SMILES string of the molecule is COc1cc(Sc2c[nH]c3ccc(-c4ccsc4)cc23)cc(OC)c1OC. The number of hydrogen-bond donors (Lipinski definition) is 1. The van der Waals surface area contributed by atoms with Gasteiger partial charge in [0.1, 0.15) is 0 Å². The average Bonchev–Trinajstić information content (AvgIpc) is 3.37. The van der Waals surface area contributed by atoms with Gasteiger partial charge in [-0.15, -0.1) is 0 Å². The highest BCUT2D eigenvalue weighted by molar-refractivity contribution is 7.99. The largest absolute Gasteiger partial charge is 0.493 e. The van der Waals surface area contributed by atoms with Crippen molar-refractivity contribution in [3.63, 3.8) is 0 Å². The zero-order valence-corrected chi connectivity index (χ0v) is 16.9. The molecule has 27 heavy (non-hydrogen) atoms. The topological polar surface area (TPSA) is 43.5 Å². The zero-order chi connectivity index (χ0) is 18.8. The molecule has 0 aliphatic carbocycles. The van der Waals surface area contributed by atoms with Crippen molar-refractivity contribution in [2.24, 2.45) is 0 Å². The van der Waals surface area contributed by atoms with Gasteiger partial charge in [-0.2, -0.15) is 11.3 Å². The van der Waals surface area contributed by atoms with Gasteiger partial charge in [0.2, 0.25) is 5.75 Å². The van der Waals surface area contributed by atoms with Gasteiger partial charge in [0, 0.05) is 26.9 Å². The lowest BCUT2D eigenvalue weighted by Gasteiger charge is -2.13. The maximum atomic E-state index is 5.47. The molecule has 0 bridgehead atoms. The highest BCUT2D eigenvalue weighted by Gasteiger charge is 2.15. The van der Waals surface area contributed by atoms with E-state index in [4.69, 9.17) is 14.2 Å². The Balaban J connectivity index is 1.74. The van der Waals surface area contributed by atoms with Crippen molar-refractivity contribution < 1.29 is 14.2 Å². The van der Waals surface area contributed by atoms with E-state index in [1.165, 1.54) is 16.5 Å². The van der Waals surface area contributed by atoms with Crippen molar-refractivity contribution in [1.29, 1.82) is 0 Å². The standard InChI is InChI=1S/C21H19NO3S2/c1-23-18-9-15(10-19(24-2)21(18)25-3)27-20-11-22-17-5-4-13(8-16(17)20)14-6-7-26-12-14/h4-12,22H,1-3H3. The molecule has 2 heterocycles. The van der Waals surface area contributed by atoms with Crippen LogP contribution in [0.3, 0.4) is 0 Å². The second-order valence-corrected chi connectivity index (χ2v) is 7.78. The Kier molecular flexibility index (Phi) is 5.01. The van der Waals surface area contributed by atoms with Crippen LogP contribution in [0.5, 0.6) is 17.2 Å². The molecule has 2 aromatic carbocycles. The normalized spacial score (nSPS) is 10.9. The molecule has 2 aromatic heterocycles. The number of thiophene rings is 1. The first-order valence-electron chi connectivity index (χ1n) is 8.35. The Bertz CT molecular complexity index is 1050. The molecule has 0 spiro atoms. The summed E-state index contributed by atoms with van der Waals surface area (Å²) in [4.78, 5) is 5.52. The van der Waals surface area contributed by atoms with E-state index in [1.54, 1.807) is 44.4 Å². The van der Waals surface area contributed by atoms with E-state index >= 15 is 0 Å². The molecule has 0 radical (unpaired) electrons. The zero-order valence-electron chi connectivity index (χ0n) is 15.2. The summed E-state index contributed by atoms with van der Waals surface area (Å²) in [5, 5.41) is 5.46. The maximum Gasteiger partial charge on any atom is 0.203 e. The number of hydrogen-bond acceptors (Lipinski definition) is 5. The van der Waals surface area contributed by atoms with Crippen LogP contribution in [0.2, 0.25) is 0 Å². The minimum absolute atomic E-state index is 0.600. The second-order valence-electron chi connectivity index (χ2n) is 5.89. The molecule has 138 valence electrons. The summed E-state index contributed by atoms with van der Waals surface area (Å²) in [5.74, 6) is 1.90. The van der Waals surface area contributed by atoms with E-state index < -0.39 is 0 Å². The first-order chi connectivity index (χ1) is 13.2. The van der Waals surface area contributed by atoms with Gasteiger partial charge in [-0.25, -0.2) is 0 Å². The fourth-order valence-electron chi connectivity index (χ4n) is 3.03. The van der Waals surface area contributed by atoms with E-state index in [0.29, 0.717) is 17.2 Å². The fourth-order valence-corrected chi connectivity index (χ4v) is 4.68. The van der Waals surface area contributed by atoms with Crippen LogP contribution in [-0.2, 0) is 0 Å². The minimum atomic E-state index is 0.600. The molecule has 4 rings (SSSR count). The highest BCUT2D eigenvalue weighted by atomic mass is 32.2. The number of benzene rings is 2. The van der Waals surface area contributed by atoms with E-state index in [-0.39, 0.29) is 0 Å². The summed E-state index contributed by atoms with van der Waals surface area (Å²) in [6.07, 6.45) is 2.04. The maximum absolute atomic E-state index is 5.47. The lowest BCUT2D eigenvalue weighted by molar-refractivity contribution is 0.323. The van der Waals surface area contributed by atoms with Crippen LogP contribution in [-0.4, -0.2) is 26.3 Å². The van der Waals surface area contributed by atoms with Gasteiger partial charge in [-0.05, 0) is 52.2 Å². The van der Waals surface area contributed by atoms with Crippen molar-refractivity contribution in [2.75, 3.05) is 21.3 Å². The number of rotatable bonds is 6. The Morgan fingerprint density at radius 3 is 2.30 bits per heavy atom. The Morgan fingerprint density at radius 1 is 0.889 bits per heavy atom. The third-order valence-corrected chi connectivity index (χ3v) is 6.08. The van der Waals surface area contributed by atoms with Crippen molar-refractivity contribution >= 4 is 34.0 Å². The van der Waals surface area contributed by atoms with Gasteiger partial charge in [-0.3, -0.25) is 0 Å². The molecule has 4 nitrogen and oxygen atoms in total. The van der Waals surface area contributed by atoms with Crippen molar-refractivity contribution in [2.45, 2.75) is 9.79 Å². The smallest absolute Gasteiger partial charge is 0.203 e. The first-order valence-corrected chi connectivity index (χ1v) is 10.1. The Morgan fingerprint density at radius 2 is 1.67 bits per heavy atom. The number of nitrogens with one attached hydrogen (secondary N) is 1. The summed E-state index contributed by atoms with van der Waals surface area (Å²) < 4.78 is 16.3. The van der Waals surface area contributed by atoms with Crippen LogP contribution >= 0.6 is 23.1 Å². The molecule has 0 aliphatic rings. The molecular weight excluding hydrogens is 378 g/mol. The van der Waals surface area contributed by atoms with Gasteiger partial charge >= 0.3 is 0 Å². The molecule has 0 fully saturated rings. The third kappa shape index (κ3) is 3.38. The predicted octanol–water partition coefficient (Wildman–Crippen LogP) is 6.07. The predicted molar refractivity (Wildman–Crippen MR) is 112 cm³/mol. The summed E-state index contributed by atoms with van der Waals surface area (Å²) >= 11 is 3.37. The quantitative estimate of drug-likeness (QED) is 0.429. The number of H-pyrrole nitrogens is 1. The lowest BCUT2D eigenvalue weighted by atomic mass is 10.1. The molecule has 1 N–H and O–H groups in total. The lowest BCUT2D eigenvalue weighted by Crippen LogP contribution is -1.95. The molecule has 4 aromatic rings. The van der Waals surface area contributed by atoms with Crippen molar-refractivity contribution in [3.05, 3.63) is 53.4 Å². The first kappa shape index (κ1) is 17.8. The monoisotopic (exact) mass is 397 g/mol. The molecular formula is C21H19NO3S2. The molecule has 0 saturated carbocycles. The molecule has 0 unspecified atom stereocenters. The molecule has 0 aliphatic heterocycles. The fraction of sp³-hybridized carbons (Fsp3) is 0.143. The van der Waals surface area contributed by atoms with Gasteiger partial charge in [-0.1, -0.05) is 17.8 Å².